The summed E-state index contributed by atoms with van der Waals surface area (Å²) in [6.45, 7) is 0.972. The fraction of sp³-hybridized carbons (Fsp3) is 0.167. The first-order valence-corrected chi connectivity index (χ1v) is 5.98. The highest BCUT2D eigenvalue weighted by Crippen LogP contribution is 2.26. The van der Waals surface area contributed by atoms with Crippen LogP contribution in [0, 0.1) is 0 Å². The summed E-state index contributed by atoms with van der Waals surface area (Å²) in [6.07, 6.45) is 0.780. The van der Waals surface area contributed by atoms with Gasteiger partial charge in [0.15, 0.2) is 6.29 Å². The van der Waals surface area contributed by atoms with Gasteiger partial charge in [-0.1, -0.05) is 22.0 Å². The Balaban J connectivity index is 2.18. The minimum atomic E-state index is 0.470. The third-order valence-electron chi connectivity index (χ3n) is 2.77. The molecule has 2 heterocycles. The second-order valence-electron chi connectivity index (χ2n) is 3.81. The van der Waals surface area contributed by atoms with Crippen LogP contribution in [0.3, 0.4) is 0 Å². The van der Waals surface area contributed by atoms with E-state index in [2.05, 4.69) is 21.0 Å². The van der Waals surface area contributed by atoms with E-state index in [0.29, 0.717) is 18.9 Å². The van der Waals surface area contributed by atoms with E-state index in [1.54, 1.807) is 4.68 Å². The van der Waals surface area contributed by atoms with Gasteiger partial charge in [-0.25, -0.2) is 4.68 Å². The first-order valence-electron chi connectivity index (χ1n) is 5.19. The van der Waals surface area contributed by atoms with Crippen LogP contribution in [0.2, 0.25) is 0 Å². The van der Waals surface area contributed by atoms with Crippen LogP contribution in [-0.2, 0) is 18.0 Å². The number of halogens is 1. The Hall–Kier alpha value is -1.46. The summed E-state index contributed by atoms with van der Waals surface area (Å²) in [4.78, 5) is 10.9. The van der Waals surface area contributed by atoms with Crippen molar-refractivity contribution in [1.82, 2.24) is 9.78 Å². The molecular weight excluding hydrogens is 284 g/mol. The number of nitrogens with zero attached hydrogens (tertiary/aromatic N) is 2. The van der Waals surface area contributed by atoms with E-state index in [1.807, 2.05) is 24.3 Å². The van der Waals surface area contributed by atoms with Crippen LogP contribution in [0.4, 0.5) is 0 Å². The van der Waals surface area contributed by atoms with Crippen LogP contribution in [-0.4, -0.2) is 16.1 Å². The standard InChI is InChI=1S/C12H9BrN2O2/c13-8-2-1-3-9(4-8)15-12-7-17-6-10(12)11(5-16)14-15/h1-5H,6-7H2. The zero-order chi connectivity index (χ0) is 11.8. The fourth-order valence-electron chi connectivity index (χ4n) is 1.98. The monoisotopic (exact) mass is 292 g/mol. The van der Waals surface area contributed by atoms with Gasteiger partial charge in [-0.2, -0.15) is 5.10 Å². The zero-order valence-electron chi connectivity index (χ0n) is 8.89. The van der Waals surface area contributed by atoms with E-state index >= 15 is 0 Å². The molecule has 5 heteroatoms. The molecule has 0 N–H and O–H groups in total. The third-order valence-corrected chi connectivity index (χ3v) is 3.26. The van der Waals surface area contributed by atoms with Crippen LogP contribution in [0.15, 0.2) is 28.7 Å². The quantitative estimate of drug-likeness (QED) is 0.799. The highest BCUT2D eigenvalue weighted by molar-refractivity contribution is 9.10. The lowest BCUT2D eigenvalue weighted by Crippen LogP contribution is -2.01. The number of ether oxygens (including phenoxy) is 1. The van der Waals surface area contributed by atoms with Crippen LogP contribution in [0.25, 0.3) is 5.69 Å². The maximum absolute atomic E-state index is 10.9. The first kappa shape index (κ1) is 10.7. The molecule has 86 valence electrons. The molecule has 3 rings (SSSR count). The van der Waals surface area contributed by atoms with Crippen LogP contribution >= 0.6 is 15.9 Å². The molecule has 1 aliphatic rings. The number of hydrogen-bond acceptors (Lipinski definition) is 3. The molecule has 0 amide bonds. The number of carbonyl (C=O) groups is 1. The summed E-state index contributed by atoms with van der Waals surface area (Å²) in [5, 5.41) is 4.31. The molecule has 0 fully saturated rings. The number of aromatic nitrogens is 2. The van der Waals surface area contributed by atoms with E-state index in [1.165, 1.54) is 0 Å². The lowest BCUT2D eigenvalue weighted by atomic mass is 10.2. The summed E-state index contributed by atoms with van der Waals surface area (Å²) in [6, 6.07) is 7.79. The van der Waals surface area contributed by atoms with Crippen molar-refractivity contribution in [2.45, 2.75) is 13.2 Å². The maximum atomic E-state index is 10.9. The number of fused-ring (bicyclic) bond motifs is 1. The van der Waals surface area contributed by atoms with Crippen LogP contribution in [0.5, 0.6) is 0 Å². The van der Waals surface area contributed by atoms with Crippen molar-refractivity contribution in [3.63, 3.8) is 0 Å². The first-order chi connectivity index (χ1) is 8.29. The van der Waals surface area contributed by atoms with E-state index < -0.39 is 0 Å². The maximum Gasteiger partial charge on any atom is 0.170 e. The van der Waals surface area contributed by atoms with Crippen molar-refractivity contribution >= 4 is 22.2 Å². The molecular formula is C12H9BrN2O2. The van der Waals surface area contributed by atoms with Crippen LogP contribution in [0.1, 0.15) is 21.7 Å². The molecule has 0 spiro atoms. The van der Waals surface area contributed by atoms with Crippen molar-refractivity contribution in [3.8, 4) is 5.69 Å². The summed E-state index contributed by atoms with van der Waals surface area (Å²) < 4.78 is 8.11. The zero-order valence-corrected chi connectivity index (χ0v) is 10.5. The number of carbonyl (C=O) groups excluding carboxylic acids is 1. The average Bonchev–Trinajstić information content (AvgIpc) is 2.89. The van der Waals surface area contributed by atoms with Gasteiger partial charge in [-0.15, -0.1) is 0 Å². The molecule has 1 aliphatic heterocycles. The van der Waals surface area contributed by atoms with Crippen molar-refractivity contribution in [2.75, 3.05) is 0 Å². The summed E-state index contributed by atoms with van der Waals surface area (Å²) in [5.74, 6) is 0. The Morgan fingerprint density at radius 3 is 3.06 bits per heavy atom. The largest absolute Gasteiger partial charge is 0.370 e. The highest BCUT2D eigenvalue weighted by Gasteiger charge is 2.23. The molecule has 4 nitrogen and oxygen atoms in total. The van der Waals surface area contributed by atoms with Gasteiger partial charge in [-0.05, 0) is 18.2 Å². The van der Waals surface area contributed by atoms with E-state index in [4.69, 9.17) is 4.74 Å². The van der Waals surface area contributed by atoms with Crippen molar-refractivity contribution in [3.05, 3.63) is 45.7 Å². The van der Waals surface area contributed by atoms with Crippen molar-refractivity contribution < 1.29 is 9.53 Å². The molecule has 2 aromatic rings. The normalized spacial score (nSPS) is 13.7. The van der Waals surface area contributed by atoms with E-state index in [0.717, 1.165) is 27.7 Å². The predicted octanol–water partition coefficient (Wildman–Crippen LogP) is 2.48. The average molecular weight is 293 g/mol. The van der Waals surface area contributed by atoms with Crippen molar-refractivity contribution in [1.29, 1.82) is 0 Å². The molecule has 0 aliphatic carbocycles. The Labute approximate surface area is 106 Å². The number of hydrogen-bond donors (Lipinski definition) is 0. The molecule has 1 aromatic heterocycles. The van der Waals surface area contributed by atoms with Gasteiger partial charge in [0, 0.05) is 10.0 Å². The molecule has 0 saturated carbocycles. The SMILES string of the molecule is O=Cc1nn(-c2cccc(Br)c2)c2c1COC2. The van der Waals surface area contributed by atoms with Gasteiger partial charge in [0.2, 0.25) is 0 Å². The second kappa shape index (κ2) is 4.09. The third kappa shape index (κ3) is 1.71. The van der Waals surface area contributed by atoms with Gasteiger partial charge in [0.1, 0.15) is 5.69 Å². The van der Waals surface area contributed by atoms with E-state index in [-0.39, 0.29) is 0 Å². The molecule has 0 bridgehead atoms. The predicted molar refractivity (Wildman–Crippen MR) is 65.1 cm³/mol. The van der Waals surface area contributed by atoms with Crippen molar-refractivity contribution in [2.24, 2.45) is 0 Å². The number of rotatable bonds is 2. The lowest BCUT2D eigenvalue weighted by Gasteiger charge is -2.05. The van der Waals surface area contributed by atoms with Gasteiger partial charge in [-0.3, -0.25) is 4.79 Å². The summed E-state index contributed by atoms with van der Waals surface area (Å²) in [5.41, 5.74) is 3.26. The Morgan fingerprint density at radius 2 is 2.29 bits per heavy atom. The summed E-state index contributed by atoms with van der Waals surface area (Å²) >= 11 is 3.42. The Kier molecular flexibility index (Phi) is 2.57. The number of benzene rings is 1. The van der Waals surface area contributed by atoms with Gasteiger partial charge in [0.25, 0.3) is 0 Å². The second-order valence-corrected chi connectivity index (χ2v) is 4.73. The van der Waals surface area contributed by atoms with Gasteiger partial charge >= 0.3 is 0 Å². The molecule has 0 radical (unpaired) electrons. The summed E-state index contributed by atoms with van der Waals surface area (Å²) in [7, 11) is 0. The molecule has 17 heavy (non-hydrogen) atoms. The minimum Gasteiger partial charge on any atom is -0.370 e. The lowest BCUT2D eigenvalue weighted by molar-refractivity contribution is 0.110. The molecule has 0 atom stereocenters. The van der Waals surface area contributed by atoms with Gasteiger partial charge < -0.3 is 4.74 Å². The molecule has 0 unspecified atom stereocenters. The number of aldehydes is 1. The topological polar surface area (TPSA) is 44.1 Å². The Bertz CT molecular complexity index is 592. The molecule has 0 saturated heterocycles. The highest BCUT2D eigenvalue weighted by atomic mass is 79.9. The van der Waals surface area contributed by atoms with E-state index in [9.17, 15) is 4.79 Å². The Morgan fingerprint density at radius 1 is 1.41 bits per heavy atom. The van der Waals surface area contributed by atoms with Crippen LogP contribution < -0.4 is 0 Å². The van der Waals surface area contributed by atoms with Gasteiger partial charge in [0.05, 0.1) is 24.6 Å². The minimum absolute atomic E-state index is 0.470. The molecule has 1 aromatic carbocycles. The smallest absolute Gasteiger partial charge is 0.170 e. The fourth-order valence-corrected chi connectivity index (χ4v) is 2.36.